The molecule has 0 saturated heterocycles. The van der Waals surface area contributed by atoms with E-state index in [0.29, 0.717) is 26.0 Å². The van der Waals surface area contributed by atoms with Crippen LogP contribution >= 0.6 is 23.1 Å². The molecule has 3 rings (SSSR count). The van der Waals surface area contributed by atoms with Crippen LogP contribution in [0.3, 0.4) is 0 Å². The van der Waals surface area contributed by atoms with Crippen molar-refractivity contribution in [1.82, 2.24) is 4.98 Å². The highest BCUT2D eigenvalue weighted by atomic mass is 32.2. The van der Waals surface area contributed by atoms with Gasteiger partial charge in [-0.15, -0.1) is 32.9 Å². The summed E-state index contributed by atoms with van der Waals surface area (Å²) in [6.45, 7) is 4.00. The lowest BCUT2D eigenvalue weighted by molar-refractivity contribution is -0.137. The maximum atomic E-state index is 10.9. The third kappa shape index (κ3) is 3.42. The topological polar surface area (TPSA) is 121 Å². The van der Waals surface area contributed by atoms with E-state index in [1.165, 1.54) is 35.2 Å². The van der Waals surface area contributed by atoms with E-state index in [1.807, 2.05) is 13.8 Å². The molecule has 1 aromatic carbocycles. The van der Waals surface area contributed by atoms with Crippen LogP contribution in [0.5, 0.6) is 0 Å². The summed E-state index contributed by atoms with van der Waals surface area (Å²) in [4.78, 5) is 40.6. The van der Waals surface area contributed by atoms with E-state index in [2.05, 4.69) is 20.3 Å². The molecule has 1 aromatic heterocycles. The van der Waals surface area contributed by atoms with E-state index in [0.717, 1.165) is 0 Å². The van der Waals surface area contributed by atoms with Crippen LogP contribution in [0, 0.1) is 9.81 Å². The van der Waals surface area contributed by atoms with Gasteiger partial charge in [0.1, 0.15) is 21.4 Å². The van der Waals surface area contributed by atoms with Crippen molar-refractivity contribution in [2.45, 2.75) is 19.9 Å². The zero-order chi connectivity index (χ0) is 17.0. The molecule has 2 aromatic rings. The van der Waals surface area contributed by atoms with Gasteiger partial charge in [0, 0.05) is 5.75 Å². The van der Waals surface area contributed by atoms with E-state index < -0.39 is 12.0 Å². The highest BCUT2D eigenvalue weighted by Gasteiger charge is 2.27. The molecular formula is C13H12N4O4S2. The van der Waals surface area contributed by atoms with Crippen LogP contribution in [0.2, 0.25) is 0 Å². The molecule has 1 unspecified atom stereocenters. The SMILES string of the molecule is CC.O=Nc1cc2nc(C3=NC(C(=O)O)CS3)sc2cc1N=O. The number of aromatic nitrogens is 1. The van der Waals surface area contributed by atoms with E-state index in [4.69, 9.17) is 5.11 Å². The third-order valence-corrected chi connectivity index (χ3v) is 5.01. The number of nitroso groups, excluding NO2 is 2. The number of carbonyl (C=O) groups is 1. The maximum Gasteiger partial charge on any atom is 0.329 e. The summed E-state index contributed by atoms with van der Waals surface area (Å²) in [5.41, 5.74) is 0.384. The van der Waals surface area contributed by atoms with Gasteiger partial charge >= 0.3 is 5.97 Å². The fourth-order valence-corrected chi connectivity index (χ4v) is 3.88. The zero-order valence-electron chi connectivity index (χ0n) is 12.2. The van der Waals surface area contributed by atoms with Crippen molar-refractivity contribution in [3.63, 3.8) is 0 Å². The Balaban J connectivity index is 0.000000924. The zero-order valence-corrected chi connectivity index (χ0v) is 13.8. The lowest BCUT2D eigenvalue weighted by Gasteiger charge is -1.93. The smallest absolute Gasteiger partial charge is 0.329 e. The number of aliphatic carboxylic acids is 1. The summed E-state index contributed by atoms with van der Waals surface area (Å²) in [6.07, 6.45) is 0. The molecule has 120 valence electrons. The molecule has 23 heavy (non-hydrogen) atoms. The summed E-state index contributed by atoms with van der Waals surface area (Å²) in [5, 5.41) is 15.5. The number of benzene rings is 1. The molecule has 1 aliphatic heterocycles. The van der Waals surface area contributed by atoms with Crippen LogP contribution in [0.25, 0.3) is 10.2 Å². The molecule has 1 aliphatic rings. The predicted molar refractivity (Wildman–Crippen MR) is 92.3 cm³/mol. The fraction of sp³-hybridized carbons (Fsp3) is 0.308. The minimum absolute atomic E-state index is 0.0443. The second-order valence-electron chi connectivity index (χ2n) is 4.11. The summed E-state index contributed by atoms with van der Waals surface area (Å²) < 4.78 is 0.661. The molecule has 0 aliphatic carbocycles. The van der Waals surface area contributed by atoms with Gasteiger partial charge in [-0.25, -0.2) is 9.78 Å². The van der Waals surface area contributed by atoms with Gasteiger partial charge in [-0.05, 0) is 22.5 Å². The molecule has 2 heterocycles. The standard InChI is InChI=1S/C11H6N4O4S2.C2H6/c16-11(17)7-3-20-9(13-7)10-12-6-1-4(14-18)5(15-19)2-8(6)21-10;1-2/h1-2,7H,3H2,(H,16,17);1-2H3. The van der Waals surface area contributed by atoms with Crippen molar-refractivity contribution in [2.75, 3.05) is 5.75 Å². The second kappa shape index (κ2) is 7.38. The highest BCUT2D eigenvalue weighted by Crippen LogP contribution is 2.36. The van der Waals surface area contributed by atoms with Crippen molar-refractivity contribution in [2.24, 2.45) is 15.3 Å². The molecular weight excluding hydrogens is 340 g/mol. The van der Waals surface area contributed by atoms with Gasteiger partial charge in [0.25, 0.3) is 0 Å². The third-order valence-electron chi connectivity index (χ3n) is 2.80. The Morgan fingerprint density at radius 2 is 1.91 bits per heavy atom. The quantitative estimate of drug-likeness (QED) is 0.828. The Hall–Kier alpha value is -2.20. The van der Waals surface area contributed by atoms with Gasteiger partial charge in [-0.3, -0.25) is 4.99 Å². The first-order valence-electron chi connectivity index (χ1n) is 6.67. The van der Waals surface area contributed by atoms with E-state index in [1.54, 1.807) is 0 Å². The average molecular weight is 352 g/mol. The van der Waals surface area contributed by atoms with Crippen molar-refractivity contribution < 1.29 is 9.90 Å². The van der Waals surface area contributed by atoms with Crippen molar-refractivity contribution in [3.8, 4) is 0 Å². The number of fused-ring (bicyclic) bond motifs is 1. The molecule has 0 saturated carbocycles. The van der Waals surface area contributed by atoms with Crippen LogP contribution in [0.1, 0.15) is 18.9 Å². The molecule has 8 nitrogen and oxygen atoms in total. The molecule has 0 bridgehead atoms. The number of thiazole rings is 1. The van der Waals surface area contributed by atoms with Gasteiger partial charge in [0.15, 0.2) is 6.04 Å². The lowest BCUT2D eigenvalue weighted by Crippen LogP contribution is -2.17. The van der Waals surface area contributed by atoms with E-state index >= 15 is 0 Å². The van der Waals surface area contributed by atoms with Crippen molar-refractivity contribution in [3.05, 3.63) is 27.0 Å². The Bertz CT molecular complexity index is 758. The number of carboxylic acid groups (broad SMARTS) is 1. The number of rotatable bonds is 4. The largest absolute Gasteiger partial charge is 0.480 e. The summed E-state index contributed by atoms with van der Waals surface area (Å²) in [6, 6.07) is 2.06. The number of nitrogens with zero attached hydrogens (tertiary/aromatic N) is 4. The van der Waals surface area contributed by atoms with Crippen LogP contribution in [0.15, 0.2) is 27.5 Å². The Labute approximate surface area is 139 Å². The highest BCUT2D eigenvalue weighted by molar-refractivity contribution is 8.15. The Morgan fingerprint density at radius 1 is 1.26 bits per heavy atom. The first-order chi connectivity index (χ1) is 11.1. The first-order valence-corrected chi connectivity index (χ1v) is 8.47. The number of carboxylic acids is 1. The lowest BCUT2D eigenvalue weighted by atomic mass is 10.2. The van der Waals surface area contributed by atoms with Crippen LogP contribution < -0.4 is 0 Å². The van der Waals surface area contributed by atoms with Crippen LogP contribution in [-0.2, 0) is 4.79 Å². The van der Waals surface area contributed by atoms with Gasteiger partial charge in [0.2, 0.25) is 0 Å². The molecule has 0 amide bonds. The predicted octanol–water partition coefficient (Wildman–Crippen LogP) is 4.06. The second-order valence-corrected chi connectivity index (χ2v) is 6.15. The Kier molecular flexibility index (Phi) is 5.50. The minimum atomic E-state index is -0.974. The number of hydrogen-bond donors (Lipinski definition) is 1. The number of aliphatic imine (C=N–C) groups is 1. The van der Waals surface area contributed by atoms with Gasteiger partial charge in [0.05, 0.1) is 10.2 Å². The monoisotopic (exact) mass is 352 g/mol. The van der Waals surface area contributed by atoms with Crippen molar-refractivity contribution >= 4 is 55.7 Å². The first kappa shape index (κ1) is 17.2. The summed E-state index contributed by atoms with van der Waals surface area (Å²) >= 11 is 2.57. The molecule has 1 atom stereocenters. The molecule has 0 fully saturated rings. The van der Waals surface area contributed by atoms with Crippen LogP contribution in [-0.4, -0.2) is 32.9 Å². The maximum absolute atomic E-state index is 10.9. The Morgan fingerprint density at radius 3 is 2.48 bits per heavy atom. The summed E-state index contributed by atoms with van der Waals surface area (Å²) in [5.74, 6) is -0.610. The van der Waals surface area contributed by atoms with E-state index in [-0.39, 0.29) is 11.4 Å². The fourth-order valence-electron chi connectivity index (χ4n) is 1.81. The van der Waals surface area contributed by atoms with Gasteiger partial charge < -0.3 is 5.11 Å². The van der Waals surface area contributed by atoms with Crippen LogP contribution in [0.4, 0.5) is 11.4 Å². The minimum Gasteiger partial charge on any atom is -0.480 e. The molecule has 1 N–H and O–H groups in total. The number of thioether (sulfide) groups is 1. The molecule has 10 heteroatoms. The van der Waals surface area contributed by atoms with Gasteiger partial charge in [-0.2, -0.15) is 0 Å². The molecule has 0 radical (unpaired) electrons. The normalized spacial score (nSPS) is 16.4. The number of hydrogen-bond acceptors (Lipinski definition) is 9. The van der Waals surface area contributed by atoms with Gasteiger partial charge in [-0.1, -0.05) is 13.8 Å². The van der Waals surface area contributed by atoms with Crippen molar-refractivity contribution in [1.29, 1.82) is 0 Å². The summed E-state index contributed by atoms with van der Waals surface area (Å²) in [7, 11) is 0. The molecule has 0 spiro atoms. The average Bonchev–Trinajstić information content (AvgIpc) is 3.21. The van der Waals surface area contributed by atoms with E-state index in [9.17, 15) is 14.6 Å².